The molecule has 1 aromatic carbocycles. The standard InChI is InChI=1S/C16H16N2OS/c1-9(2)11-4-6-12(7-5-11)14-17-15(19)13-8-10(3)20-16(13)18-14/h4-9H,1-3H3,(H,17,18,19). The van der Waals surface area contributed by atoms with Gasteiger partial charge in [-0.3, -0.25) is 4.79 Å². The lowest BCUT2D eigenvalue weighted by Gasteiger charge is -2.06. The Morgan fingerprint density at radius 2 is 1.90 bits per heavy atom. The van der Waals surface area contributed by atoms with Crippen LogP contribution in [0.4, 0.5) is 0 Å². The molecular formula is C16H16N2OS. The lowest BCUT2D eigenvalue weighted by atomic mass is 10.0. The van der Waals surface area contributed by atoms with Crippen molar-refractivity contribution in [3.8, 4) is 11.4 Å². The van der Waals surface area contributed by atoms with E-state index in [1.807, 2.05) is 25.1 Å². The second kappa shape index (κ2) is 4.87. The van der Waals surface area contributed by atoms with E-state index >= 15 is 0 Å². The number of hydrogen-bond acceptors (Lipinski definition) is 3. The molecule has 0 unspecified atom stereocenters. The molecule has 3 nitrogen and oxygen atoms in total. The zero-order valence-corrected chi connectivity index (χ0v) is 12.5. The van der Waals surface area contributed by atoms with E-state index < -0.39 is 0 Å². The summed E-state index contributed by atoms with van der Waals surface area (Å²) in [5, 5.41) is 0.676. The van der Waals surface area contributed by atoms with Gasteiger partial charge in [0.2, 0.25) is 0 Å². The monoisotopic (exact) mass is 284 g/mol. The van der Waals surface area contributed by atoms with Gasteiger partial charge in [-0.1, -0.05) is 38.1 Å². The van der Waals surface area contributed by atoms with Crippen molar-refractivity contribution in [1.29, 1.82) is 0 Å². The minimum absolute atomic E-state index is 0.0673. The Balaban J connectivity index is 2.11. The number of aryl methyl sites for hydroxylation is 1. The first-order valence-corrected chi connectivity index (χ1v) is 7.47. The maximum absolute atomic E-state index is 12.1. The van der Waals surface area contributed by atoms with E-state index in [4.69, 9.17) is 0 Å². The molecule has 0 aliphatic heterocycles. The van der Waals surface area contributed by atoms with Crippen LogP contribution in [0.25, 0.3) is 21.6 Å². The largest absolute Gasteiger partial charge is 0.306 e. The van der Waals surface area contributed by atoms with E-state index in [9.17, 15) is 4.79 Å². The van der Waals surface area contributed by atoms with Crippen LogP contribution in [0.1, 0.15) is 30.2 Å². The van der Waals surface area contributed by atoms with E-state index in [1.54, 1.807) is 11.3 Å². The summed E-state index contributed by atoms with van der Waals surface area (Å²) in [7, 11) is 0. The average molecular weight is 284 g/mol. The topological polar surface area (TPSA) is 45.8 Å². The fourth-order valence-corrected chi connectivity index (χ4v) is 3.09. The third-order valence-corrected chi connectivity index (χ3v) is 4.32. The van der Waals surface area contributed by atoms with Crippen LogP contribution < -0.4 is 5.56 Å². The molecule has 3 rings (SSSR count). The van der Waals surface area contributed by atoms with Crippen molar-refractivity contribution in [2.24, 2.45) is 0 Å². The van der Waals surface area contributed by atoms with Crippen molar-refractivity contribution in [1.82, 2.24) is 9.97 Å². The minimum Gasteiger partial charge on any atom is -0.306 e. The number of aromatic amines is 1. The van der Waals surface area contributed by atoms with Crippen molar-refractivity contribution in [3.05, 3.63) is 51.1 Å². The highest BCUT2D eigenvalue weighted by Gasteiger charge is 2.09. The van der Waals surface area contributed by atoms with Gasteiger partial charge in [-0.25, -0.2) is 4.98 Å². The summed E-state index contributed by atoms with van der Waals surface area (Å²) in [5.41, 5.74) is 2.16. The second-order valence-corrected chi connectivity index (χ2v) is 6.50. The summed E-state index contributed by atoms with van der Waals surface area (Å²) in [4.78, 5) is 21.4. The zero-order chi connectivity index (χ0) is 14.3. The summed E-state index contributed by atoms with van der Waals surface area (Å²) < 4.78 is 0. The normalized spacial score (nSPS) is 11.4. The zero-order valence-electron chi connectivity index (χ0n) is 11.7. The highest BCUT2D eigenvalue weighted by atomic mass is 32.1. The van der Waals surface area contributed by atoms with E-state index in [-0.39, 0.29) is 5.56 Å². The van der Waals surface area contributed by atoms with Crippen LogP contribution in [0.2, 0.25) is 0 Å². The molecule has 0 aliphatic rings. The molecule has 0 radical (unpaired) electrons. The minimum atomic E-state index is -0.0673. The Hall–Kier alpha value is -1.94. The molecule has 0 spiro atoms. The van der Waals surface area contributed by atoms with Gasteiger partial charge in [0, 0.05) is 10.4 Å². The lowest BCUT2D eigenvalue weighted by molar-refractivity contribution is 0.867. The van der Waals surface area contributed by atoms with Crippen LogP contribution in [0.3, 0.4) is 0 Å². The van der Waals surface area contributed by atoms with Crippen molar-refractivity contribution in [2.75, 3.05) is 0 Å². The maximum Gasteiger partial charge on any atom is 0.259 e. The molecule has 0 atom stereocenters. The summed E-state index contributed by atoms with van der Waals surface area (Å²) in [5.74, 6) is 1.14. The summed E-state index contributed by atoms with van der Waals surface area (Å²) in [6, 6.07) is 10.1. The Kier molecular flexibility index (Phi) is 3.18. The first-order chi connectivity index (χ1) is 9.54. The molecule has 102 valence electrons. The van der Waals surface area contributed by atoms with Crippen LogP contribution >= 0.6 is 11.3 Å². The number of H-pyrrole nitrogens is 1. The number of thiophene rings is 1. The van der Waals surface area contributed by atoms with Crippen LogP contribution in [0, 0.1) is 6.92 Å². The molecule has 2 heterocycles. The van der Waals surface area contributed by atoms with E-state index in [2.05, 4.69) is 35.9 Å². The average Bonchev–Trinajstić information content (AvgIpc) is 2.80. The predicted octanol–water partition coefficient (Wildman–Crippen LogP) is 4.08. The predicted molar refractivity (Wildman–Crippen MR) is 84.5 cm³/mol. The molecular weight excluding hydrogens is 268 g/mol. The van der Waals surface area contributed by atoms with E-state index in [0.717, 1.165) is 15.3 Å². The third-order valence-electron chi connectivity index (χ3n) is 3.38. The number of rotatable bonds is 2. The molecule has 1 N–H and O–H groups in total. The lowest BCUT2D eigenvalue weighted by Crippen LogP contribution is -2.07. The number of benzene rings is 1. The quantitative estimate of drug-likeness (QED) is 0.770. The number of fused-ring (bicyclic) bond motifs is 1. The first-order valence-electron chi connectivity index (χ1n) is 6.65. The van der Waals surface area contributed by atoms with Crippen molar-refractivity contribution in [2.45, 2.75) is 26.7 Å². The van der Waals surface area contributed by atoms with Crippen LogP contribution in [0.5, 0.6) is 0 Å². The molecule has 0 amide bonds. The van der Waals surface area contributed by atoms with Crippen LogP contribution in [-0.4, -0.2) is 9.97 Å². The molecule has 0 fully saturated rings. The molecule has 0 aliphatic carbocycles. The van der Waals surface area contributed by atoms with Crippen LogP contribution in [-0.2, 0) is 0 Å². The van der Waals surface area contributed by atoms with Gasteiger partial charge in [-0.15, -0.1) is 11.3 Å². The van der Waals surface area contributed by atoms with Crippen molar-refractivity contribution < 1.29 is 0 Å². The SMILES string of the molecule is Cc1cc2c(=O)[nH]c(-c3ccc(C(C)C)cc3)nc2s1. The molecule has 4 heteroatoms. The van der Waals surface area contributed by atoms with Crippen LogP contribution in [0.15, 0.2) is 35.1 Å². The smallest absolute Gasteiger partial charge is 0.259 e. The highest BCUT2D eigenvalue weighted by Crippen LogP contribution is 2.24. The molecule has 0 saturated carbocycles. The number of nitrogens with one attached hydrogen (secondary N) is 1. The first kappa shape index (κ1) is 13.1. The summed E-state index contributed by atoms with van der Waals surface area (Å²) >= 11 is 1.55. The third kappa shape index (κ3) is 2.27. The van der Waals surface area contributed by atoms with Gasteiger partial charge in [-0.05, 0) is 24.5 Å². The number of aromatic nitrogens is 2. The maximum atomic E-state index is 12.1. The molecule has 2 aromatic heterocycles. The fourth-order valence-electron chi connectivity index (χ4n) is 2.21. The second-order valence-electron chi connectivity index (χ2n) is 5.27. The van der Waals surface area contributed by atoms with Gasteiger partial charge < -0.3 is 4.98 Å². The van der Waals surface area contributed by atoms with Gasteiger partial charge in [0.1, 0.15) is 10.7 Å². The molecule has 20 heavy (non-hydrogen) atoms. The Labute approximate surface area is 121 Å². The Morgan fingerprint density at radius 1 is 1.20 bits per heavy atom. The van der Waals surface area contributed by atoms with Crippen molar-refractivity contribution >= 4 is 21.6 Å². The fraction of sp³-hybridized carbons (Fsp3) is 0.250. The molecule has 0 saturated heterocycles. The van der Waals surface area contributed by atoms with Crippen molar-refractivity contribution in [3.63, 3.8) is 0 Å². The van der Waals surface area contributed by atoms with Gasteiger partial charge >= 0.3 is 0 Å². The van der Waals surface area contributed by atoms with Gasteiger partial charge in [0.25, 0.3) is 5.56 Å². The van der Waals surface area contributed by atoms with E-state index in [0.29, 0.717) is 17.1 Å². The van der Waals surface area contributed by atoms with Gasteiger partial charge in [-0.2, -0.15) is 0 Å². The van der Waals surface area contributed by atoms with E-state index in [1.165, 1.54) is 5.56 Å². The Morgan fingerprint density at radius 3 is 2.55 bits per heavy atom. The number of nitrogens with zero attached hydrogens (tertiary/aromatic N) is 1. The summed E-state index contributed by atoms with van der Waals surface area (Å²) in [6.45, 7) is 6.31. The molecule has 0 bridgehead atoms. The van der Waals surface area contributed by atoms with Gasteiger partial charge in [0.05, 0.1) is 5.39 Å². The Bertz CT molecular complexity index is 813. The molecule has 3 aromatic rings. The van der Waals surface area contributed by atoms with Gasteiger partial charge in [0.15, 0.2) is 0 Å². The summed E-state index contributed by atoms with van der Waals surface area (Å²) in [6.07, 6.45) is 0. The number of hydrogen-bond donors (Lipinski definition) is 1. The highest BCUT2D eigenvalue weighted by molar-refractivity contribution is 7.18.